The molecular weight excluding hydrogens is 394 g/mol. The van der Waals surface area contributed by atoms with Gasteiger partial charge in [-0.3, -0.25) is 0 Å². The number of nitrogens with zero attached hydrogens (tertiary/aromatic N) is 1. The lowest BCUT2D eigenvalue weighted by molar-refractivity contribution is 0.178. The molecule has 1 heterocycles. The number of rotatable bonds is 8. The van der Waals surface area contributed by atoms with Crippen molar-refractivity contribution >= 4 is 8.32 Å². The topological polar surface area (TPSA) is 53.7 Å². The van der Waals surface area contributed by atoms with Gasteiger partial charge in [-0.1, -0.05) is 32.9 Å². The summed E-state index contributed by atoms with van der Waals surface area (Å²) in [7, 11) is 0.00283. The van der Waals surface area contributed by atoms with Crippen molar-refractivity contribution in [1.29, 1.82) is 0 Å². The highest BCUT2D eigenvalue weighted by Crippen LogP contribution is 2.40. The van der Waals surface area contributed by atoms with Gasteiger partial charge >= 0.3 is 0 Å². The molecule has 1 aliphatic carbocycles. The fourth-order valence-electron chi connectivity index (χ4n) is 3.57. The molecule has 0 amide bonds. The highest BCUT2D eigenvalue weighted by atomic mass is 28.4. The summed E-state index contributed by atoms with van der Waals surface area (Å²) >= 11 is 0. The van der Waals surface area contributed by atoms with E-state index in [-0.39, 0.29) is 5.04 Å². The van der Waals surface area contributed by atoms with Crippen LogP contribution in [0.2, 0.25) is 18.1 Å². The lowest BCUT2D eigenvalue weighted by atomic mass is 9.81. The molecule has 1 aromatic heterocycles. The fourth-order valence-corrected chi connectivity index (χ4v) is 4.65. The van der Waals surface area contributed by atoms with Crippen molar-refractivity contribution in [1.82, 2.24) is 5.16 Å². The summed E-state index contributed by atoms with van der Waals surface area (Å²) in [5.74, 6) is 3.43. The third kappa shape index (κ3) is 5.88. The first-order valence-electron chi connectivity index (χ1n) is 11.0. The van der Waals surface area contributed by atoms with Crippen LogP contribution < -0.4 is 9.47 Å². The minimum atomic E-state index is -1.66. The maximum absolute atomic E-state index is 6.44. The molecule has 1 aliphatic rings. The Balaban J connectivity index is 1.44. The summed E-state index contributed by atoms with van der Waals surface area (Å²) in [5.41, 5.74) is 1.07. The Labute approximate surface area is 182 Å². The molecule has 1 aromatic carbocycles. The van der Waals surface area contributed by atoms with Crippen LogP contribution in [-0.4, -0.2) is 27.2 Å². The molecule has 0 bridgehead atoms. The Morgan fingerprint density at radius 3 is 2.33 bits per heavy atom. The lowest BCUT2D eigenvalue weighted by Gasteiger charge is -2.38. The first-order valence-corrected chi connectivity index (χ1v) is 13.9. The number of hydrogen-bond acceptors (Lipinski definition) is 5. The van der Waals surface area contributed by atoms with Gasteiger partial charge in [-0.25, -0.2) is 0 Å². The SMILES string of the molecule is COc1ccc(COc2cc(C3CCC(CO[Si](C)(C)C(C)(C)C)CC3)on2)cc1. The van der Waals surface area contributed by atoms with Gasteiger partial charge in [0.2, 0.25) is 0 Å². The van der Waals surface area contributed by atoms with E-state index in [0.29, 0.717) is 24.3 Å². The van der Waals surface area contributed by atoms with Crippen molar-refractivity contribution in [3.05, 3.63) is 41.7 Å². The molecule has 5 nitrogen and oxygen atoms in total. The first kappa shape index (κ1) is 22.9. The Morgan fingerprint density at radius 1 is 1.07 bits per heavy atom. The van der Waals surface area contributed by atoms with E-state index in [1.54, 1.807) is 7.11 Å². The molecule has 0 unspecified atom stereocenters. The van der Waals surface area contributed by atoms with Gasteiger partial charge < -0.3 is 18.4 Å². The Hall–Kier alpha value is -1.79. The van der Waals surface area contributed by atoms with Gasteiger partial charge in [0.25, 0.3) is 5.88 Å². The Kier molecular flexibility index (Phi) is 7.29. The molecule has 0 aliphatic heterocycles. The molecule has 0 N–H and O–H groups in total. The largest absolute Gasteiger partial charge is 0.497 e. The van der Waals surface area contributed by atoms with Crippen molar-refractivity contribution in [2.45, 2.75) is 77.1 Å². The molecule has 3 rings (SSSR count). The molecule has 1 saturated carbocycles. The number of hydrogen-bond donors (Lipinski definition) is 0. The van der Waals surface area contributed by atoms with E-state index in [2.05, 4.69) is 39.0 Å². The van der Waals surface area contributed by atoms with Crippen LogP contribution in [0, 0.1) is 5.92 Å². The van der Waals surface area contributed by atoms with Crippen molar-refractivity contribution in [2.24, 2.45) is 5.92 Å². The monoisotopic (exact) mass is 431 g/mol. The molecule has 30 heavy (non-hydrogen) atoms. The zero-order valence-electron chi connectivity index (χ0n) is 19.4. The van der Waals surface area contributed by atoms with E-state index in [1.807, 2.05) is 30.3 Å². The average molecular weight is 432 g/mol. The van der Waals surface area contributed by atoms with Crippen LogP contribution in [0.1, 0.15) is 63.7 Å². The van der Waals surface area contributed by atoms with E-state index in [4.69, 9.17) is 18.4 Å². The summed E-state index contributed by atoms with van der Waals surface area (Å²) < 4.78 is 23.0. The smallest absolute Gasteiger partial charge is 0.254 e. The third-order valence-electron chi connectivity index (χ3n) is 6.79. The summed E-state index contributed by atoms with van der Waals surface area (Å²) in [4.78, 5) is 0. The minimum Gasteiger partial charge on any atom is -0.497 e. The van der Waals surface area contributed by atoms with Crippen LogP contribution in [0.15, 0.2) is 34.9 Å². The zero-order valence-corrected chi connectivity index (χ0v) is 20.4. The van der Waals surface area contributed by atoms with Crippen LogP contribution in [0.4, 0.5) is 0 Å². The van der Waals surface area contributed by atoms with Crippen LogP contribution in [0.25, 0.3) is 0 Å². The highest BCUT2D eigenvalue weighted by molar-refractivity contribution is 6.74. The maximum atomic E-state index is 6.44. The van der Waals surface area contributed by atoms with Crippen molar-refractivity contribution in [3.8, 4) is 11.6 Å². The number of aromatic nitrogens is 1. The molecule has 6 heteroatoms. The van der Waals surface area contributed by atoms with E-state index >= 15 is 0 Å². The van der Waals surface area contributed by atoms with Gasteiger partial charge in [-0.15, -0.1) is 0 Å². The third-order valence-corrected chi connectivity index (χ3v) is 11.3. The number of methoxy groups -OCH3 is 1. The number of benzene rings is 1. The highest BCUT2D eigenvalue weighted by Gasteiger charge is 2.38. The van der Waals surface area contributed by atoms with Crippen molar-refractivity contribution in [2.75, 3.05) is 13.7 Å². The predicted molar refractivity (Wildman–Crippen MR) is 122 cm³/mol. The summed E-state index contributed by atoms with van der Waals surface area (Å²) in [5, 5.41) is 4.38. The van der Waals surface area contributed by atoms with Crippen LogP contribution >= 0.6 is 0 Å². The first-order chi connectivity index (χ1) is 14.2. The molecule has 0 spiro atoms. The minimum absolute atomic E-state index is 0.270. The van der Waals surface area contributed by atoms with Crippen molar-refractivity contribution < 1.29 is 18.4 Å². The van der Waals surface area contributed by atoms with Gasteiger partial charge in [0, 0.05) is 18.6 Å². The second kappa shape index (κ2) is 9.56. The van der Waals surface area contributed by atoms with Crippen molar-refractivity contribution in [3.63, 3.8) is 0 Å². The van der Waals surface area contributed by atoms with Gasteiger partial charge in [-0.05, 0) is 72.6 Å². The average Bonchev–Trinajstić information content (AvgIpc) is 3.20. The molecule has 0 radical (unpaired) electrons. The van der Waals surface area contributed by atoms with Gasteiger partial charge in [0.05, 0.1) is 7.11 Å². The Bertz CT molecular complexity index is 786. The standard InChI is InChI=1S/C24H37NO4Si/c1-24(2,3)30(5,6)28-17-19-7-11-20(12-8-19)22-15-23(25-29-22)27-16-18-9-13-21(26-4)14-10-18/h9-10,13-15,19-20H,7-8,11-12,16-17H2,1-6H3. The van der Waals surface area contributed by atoms with Gasteiger partial charge in [0.15, 0.2) is 8.32 Å². The second-order valence-corrected chi connectivity index (χ2v) is 14.8. The molecule has 0 atom stereocenters. The Morgan fingerprint density at radius 2 is 1.73 bits per heavy atom. The number of ether oxygens (including phenoxy) is 2. The zero-order chi connectivity index (χ0) is 21.8. The van der Waals surface area contributed by atoms with E-state index in [9.17, 15) is 0 Å². The summed E-state index contributed by atoms with van der Waals surface area (Å²) in [6.07, 6.45) is 4.61. The van der Waals surface area contributed by atoms with Crippen LogP contribution in [-0.2, 0) is 11.0 Å². The quantitative estimate of drug-likeness (QED) is 0.443. The predicted octanol–water partition coefficient (Wildman–Crippen LogP) is 6.56. The van der Waals surface area contributed by atoms with Crippen LogP contribution in [0.3, 0.4) is 0 Å². The normalized spacial score (nSPS) is 20.2. The molecular formula is C24H37NO4Si. The molecule has 166 valence electrons. The summed E-state index contributed by atoms with van der Waals surface area (Å²) in [6.45, 7) is 12.9. The van der Waals surface area contributed by atoms with Gasteiger partial charge in [0.1, 0.15) is 18.1 Å². The second-order valence-electron chi connectivity index (χ2n) is 9.99. The van der Waals surface area contributed by atoms with E-state index < -0.39 is 8.32 Å². The fraction of sp³-hybridized carbons (Fsp3) is 0.625. The van der Waals surface area contributed by atoms with Gasteiger partial charge in [-0.2, -0.15) is 0 Å². The van der Waals surface area contributed by atoms with E-state index in [0.717, 1.165) is 36.5 Å². The maximum Gasteiger partial charge on any atom is 0.254 e. The van der Waals surface area contributed by atoms with Crippen LogP contribution in [0.5, 0.6) is 11.6 Å². The molecule has 2 aromatic rings. The molecule has 1 fully saturated rings. The molecule has 0 saturated heterocycles. The summed E-state index contributed by atoms with van der Waals surface area (Å²) in [6, 6.07) is 9.81. The van der Waals surface area contributed by atoms with E-state index in [1.165, 1.54) is 12.8 Å². The lowest BCUT2D eigenvalue weighted by Crippen LogP contribution is -2.42.